The molecular weight excluding hydrogens is 359 g/mol. The van der Waals surface area contributed by atoms with Crippen LogP contribution in [0.25, 0.3) is 6.08 Å². The van der Waals surface area contributed by atoms with Crippen molar-refractivity contribution in [3.05, 3.63) is 71.8 Å². The summed E-state index contributed by atoms with van der Waals surface area (Å²) in [7, 11) is 1.56. The van der Waals surface area contributed by atoms with E-state index in [-0.39, 0.29) is 5.56 Å². The molecule has 0 aromatic heterocycles. The summed E-state index contributed by atoms with van der Waals surface area (Å²) >= 11 is 0. The Morgan fingerprint density at radius 3 is 2.37 bits per heavy atom. The highest BCUT2D eigenvalue weighted by molar-refractivity contribution is 5.98. The number of amides is 1. The van der Waals surface area contributed by atoms with Crippen LogP contribution >= 0.6 is 0 Å². The Kier molecular flexibility index (Phi) is 6.39. The number of halogens is 3. The maximum absolute atomic E-state index is 12.7. The second kappa shape index (κ2) is 8.53. The molecule has 0 aliphatic carbocycles. The summed E-state index contributed by atoms with van der Waals surface area (Å²) in [5, 5.41) is 0. The zero-order valence-electron chi connectivity index (χ0n) is 14.7. The molecule has 0 aliphatic heterocycles. The number of esters is 1. The summed E-state index contributed by atoms with van der Waals surface area (Å²) in [6.45, 7) is 1.43. The van der Waals surface area contributed by atoms with E-state index >= 15 is 0 Å². The van der Waals surface area contributed by atoms with Crippen LogP contribution in [0.3, 0.4) is 0 Å². The van der Waals surface area contributed by atoms with Crippen molar-refractivity contribution in [2.24, 2.45) is 0 Å². The van der Waals surface area contributed by atoms with Crippen LogP contribution in [0, 0.1) is 0 Å². The van der Waals surface area contributed by atoms with Crippen molar-refractivity contribution in [1.82, 2.24) is 0 Å². The number of benzene rings is 2. The van der Waals surface area contributed by atoms with Crippen LogP contribution in [0.15, 0.2) is 60.7 Å². The van der Waals surface area contributed by atoms with Crippen LogP contribution in [0.5, 0.6) is 0 Å². The van der Waals surface area contributed by atoms with Gasteiger partial charge in [-0.15, -0.1) is 0 Å². The van der Waals surface area contributed by atoms with Crippen molar-refractivity contribution in [3.8, 4) is 0 Å². The molecule has 2 aromatic carbocycles. The fraction of sp³-hybridized carbons (Fsp3) is 0.200. The smallest absolute Gasteiger partial charge is 0.416 e. The highest BCUT2D eigenvalue weighted by Crippen LogP contribution is 2.29. The number of para-hydroxylation sites is 1. The number of carbonyl (C=O) groups excluding carboxylic acids is 2. The Labute approximate surface area is 154 Å². The van der Waals surface area contributed by atoms with E-state index in [1.54, 1.807) is 31.3 Å². The van der Waals surface area contributed by atoms with Crippen LogP contribution in [-0.4, -0.2) is 25.0 Å². The molecule has 0 saturated carbocycles. The third kappa shape index (κ3) is 5.70. The maximum atomic E-state index is 12.7. The molecule has 0 radical (unpaired) electrons. The molecule has 0 spiro atoms. The number of ether oxygens (including phenoxy) is 1. The minimum Gasteiger partial charge on any atom is -0.449 e. The Morgan fingerprint density at radius 1 is 1.07 bits per heavy atom. The standard InChI is InChI=1S/C20H18F3NO3/c1-14(19(26)24(2)17-9-4-3-5-10-17)27-18(25)12-11-15-7-6-8-16(13-15)20(21,22)23/h3-14H,1-2H3/b12-11+. The van der Waals surface area contributed by atoms with Gasteiger partial charge < -0.3 is 9.64 Å². The van der Waals surface area contributed by atoms with Crippen LogP contribution in [0.4, 0.5) is 18.9 Å². The summed E-state index contributed by atoms with van der Waals surface area (Å²) in [4.78, 5) is 25.5. The van der Waals surface area contributed by atoms with E-state index in [2.05, 4.69) is 0 Å². The monoisotopic (exact) mass is 377 g/mol. The number of hydrogen-bond acceptors (Lipinski definition) is 3. The van der Waals surface area contributed by atoms with Crippen molar-refractivity contribution in [3.63, 3.8) is 0 Å². The quantitative estimate of drug-likeness (QED) is 0.576. The molecule has 27 heavy (non-hydrogen) atoms. The van der Waals surface area contributed by atoms with Crippen LogP contribution < -0.4 is 4.90 Å². The van der Waals surface area contributed by atoms with Gasteiger partial charge in [-0.1, -0.05) is 30.3 Å². The summed E-state index contributed by atoms with van der Waals surface area (Å²) in [6.07, 6.45) is -3.32. The topological polar surface area (TPSA) is 46.6 Å². The van der Waals surface area contributed by atoms with Gasteiger partial charge >= 0.3 is 12.1 Å². The van der Waals surface area contributed by atoms with Gasteiger partial charge in [0.25, 0.3) is 5.91 Å². The average molecular weight is 377 g/mol. The highest BCUT2D eigenvalue weighted by Gasteiger charge is 2.30. The predicted molar refractivity (Wildman–Crippen MR) is 95.9 cm³/mol. The molecule has 1 amide bonds. The van der Waals surface area contributed by atoms with E-state index in [1.807, 2.05) is 6.07 Å². The number of rotatable bonds is 5. The van der Waals surface area contributed by atoms with Gasteiger partial charge in [-0.3, -0.25) is 4.79 Å². The van der Waals surface area contributed by atoms with Gasteiger partial charge in [0.2, 0.25) is 0 Å². The zero-order valence-corrected chi connectivity index (χ0v) is 14.7. The number of alkyl halides is 3. The molecule has 142 valence electrons. The normalized spacial score (nSPS) is 12.6. The predicted octanol–water partition coefficient (Wildman–Crippen LogP) is 4.31. The number of anilines is 1. The molecular formula is C20H18F3NO3. The third-order valence-corrected chi connectivity index (χ3v) is 3.74. The lowest BCUT2D eigenvalue weighted by atomic mass is 10.1. The number of carbonyl (C=O) groups is 2. The third-order valence-electron chi connectivity index (χ3n) is 3.74. The first-order valence-electron chi connectivity index (χ1n) is 8.07. The van der Waals surface area contributed by atoms with E-state index in [0.29, 0.717) is 5.69 Å². The fourth-order valence-electron chi connectivity index (χ4n) is 2.30. The molecule has 1 atom stereocenters. The summed E-state index contributed by atoms with van der Waals surface area (Å²) in [6, 6.07) is 13.4. The van der Waals surface area contributed by atoms with Crippen molar-refractivity contribution < 1.29 is 27.5 Å². The average Bonchev–Trinajstić information content (AvgIpc) is 2.65. The Hall–Kier alpha value is -3.09. The molecule has 0 aliphatic rings. The fourth-order valence-corrected chi connectivity index (χ4v) is 2.30. The first-order chi connectivity index (χ1) is 12.7. The Morgan fingerprint density at radius 2 is 1.74 bits per heavy atom. The van der Waals surface area contributed by atoms with E-state index in [4.69, 9.17) is 4.74 Å². The van der Waals surface area contributed by atoms with Crippen LogP contribution in [-0.2, 0) is 20.5 Å². The highest BCUT2D eigenvalue weighted by atomic mass is 19.4. The summed E-state index contributed by atoms with van der Waals surface area (Å²) in [5.41, 5.74) is 0.0260. The number of hydrogen-bond donors (Lipinski definition) is 0. The van der Waals surface area contributed by atoms with Crippen LogP contribution in [0.1, 0.15) is 18.1 Å². The van der Waals surface area contributed by atoms with Gasteiger partial charge in [0.15, 0.2) is 6.10 Å². The lowest BCUT2D eigenvalue weighted by Gasteiger charge is -2.21. The Bertz CT molecular complexity index is 832. The first-order valence-corrected chi connectivity index (χ1v) is 8.07. The second-order valence-electron chi connectivity index (χ2n) is 5.77. The van der Waals surface area contributed by atoms with Crippen molar-refractivity contribution in [1.29, 1.82) is 0 Å². The van der Waals surface area contributed by atoms with E-state index in [9.17, 15) is 22.8 Å². The minimum atomic E-state index is -4.46. The van der Waals surface area contributed by atoms with Gasteiger partial charge in [0, 0.05) is 18.8 Å². The van der Waals surface area contributed by atoms with Gasteiger partial charge in [-0.2, -0.15) is 13.2 Å². The number of nitrogens with zero attached hydrogens (tertiary/aromatic N) is 1. The van der Waals surface area contributed by atoms with E-state index in [1.165, 1.54) is 30.0 Å². The lowest BCUT2D eigenvalue weighted by Crippen LogP contribution is -2.37. The summed E-state index contributed by atoms with van der Waals surface area (Å²) in [5.74, 6) is -1.25. The van der Waals surface area contributed by atoms with E-state index < -0.39 is 29.7 Å². The molecule has 1 unspecified atom stereocenters. The molecule has 0 fully saturated rings. The molecule has 2 aromatic rings. The first kappa shape index (κ1) is 20.2. The molecule has 0 bridgehead atoms. The Balaban J connectivity index is 1.98. The number of likely N-dealkylation sites (N-methyl/N-ethyl adjacent to an activating group) is 1. The van der Waals surface area contributed by atoms with Crippen molar-refractivity contribution >= 4 is 23.6 Å². The van der Waals surface area contributed by atoms with Gasteiger partial charge in [-0.25, -0.2) is 4.79 Å². The van der Waals surface area contributed by atoms with Gasteiger partial charge in [0.05, 0.1) is 5.56 Å². The molecule has 2 rings (SSSR count). The minimum absolute atomic E-state index is 0.196. The zero-order chi connectivity index (χ0) is 20.0. The SMILES string of the molecule is CC(OC(=O)/C=C/c1cccc(C(F)(F)F)c1)C(=O)N(C)c1ccccc1. The van der Waals surface area contributed by atoms with E-state index in [0.717, 1.165) is 18.2 Å². The molecule has 0 N–H and O–H groups in total. The molecule has 4 nitrogen and oxygen atoms in total. The van der Waals surface area contributed by atoms with Gasteiger partial charge in [-0.05, 0) is 42.8 Å². The van der Waals surface area contributed by atoms with Crippen molar-refractivity contribution in [2.75, 3.05) is 11.9 Å². The molecule has 7 heteroatoms. The van der Waals surface area contributed by atoms with Crippen LogP contribution in [0.2, 0.25) is 0 Å². The maximum Gasteiger partial charge on any atom is 0.416 e. The second-order valence-corrected chi connectivity index (χ2v) is 5.77. The molecule has 0 saturated heterocycles. The lowest BCUT2D eigenvalue weighted by molar-refractivity contribution is -0.148. The largest absolute Gasteiger partial charge is 0.449 e. The molecule has 0 heterocycles. The van der Waals surface area contributed by atoms with Gasteiger partial charge in [0.1, 0.15) is 0 Å². The summed E-state index contributed by atoms with van der Waals surface area (Å²) < 4.78 is 43.1. The van der Waals surface area contributed by atoms with Crippen molar-refractivity contribution in [2.45, 2.75) is 19.2 Å².